The first-order valence-corrected chi connectivity index (χ1v) is 14.5. The van der Waals surface area contributed by atoms with Crippen molar-refractivity contribution in [3.63, 3.8) is 0 Å². The van der Waals surface area contributed by atoms with E-state index in [1.165, 1.54) is 18.2 Å². The predicted octanol–water partition coefficient (Wildman–Crippen LogP) is 5.73. The van der Waals surface area contributed by atoms with Gasteiger partial charge in [-0.1, -0.05) is 50.6 Å². The number of ether oxygens (including phenoxy) is 1. The number of pyridine rings is 2. The van der Waals surface area contributed by atoms with E-state index in [1.54, 1.807) is 12.1 Å². The van der Waals surface area contributed by atoms with E-state index in [0.717, 1.165) is 40.8 Å². The number of rotatable bonds is 6. The molecule has 3 aromatic rings. The minimum absolute atomic E-state index is 0.00114. The van der Waals surface area contributed by atoms with Gasteiger partial charge in [0.25, 0.3) is 15.9 Å². The molecule has 0 aliphatic heterocycles. The third kappa shape index (κ3) is 4.48. The Bertz CT molecular complexity index is 1620. The summed E-state index contributed by atoms with van der Waals surface area (Å²) in [6.45, 7) is 12.7. The van der Waals surface area contributed by atoms with Crippen molar-refractivity contribution in [1.29, 1.82) is 0 Å². The van der Waals surface area contributed by atoms with Gasteiger partial charge in [0.15, 0.2) is 5.03 Å². The number of nitrogens with zero attached hydrogens (tertiary/aromatic N) is 2. The Labute approximate surface area is 229 Å². The van der Waals surface area contributed by atoms with Gasteiger partial charge in [0.05, 0.1) is 5.69 Å². The lowest BCUT2D eigenvalue weighted by atomic mass is 9.67. The standard InChI is InChI=1S/C30H34N4O4S/c1-17-14-18(2)26(19(3)15-17)38-28-21(27(35)34-39(36,37)25-9-7-8-24(31)33-25)10-11-23(32-28)22-16-20-12-13-30(22,6)29(20,4)5/h7-11,14-16,20H,12-13H2,1-6H3,(H2,31,33)(H,34,35). The summed E-state index contributed by atoms with van der Waals surface area (Å²) in [6.07, 6.45) is 4.49. The van der Waals surface area contributed by atoms with Gasteiger partial charge in [-0.25, -0.2) is 14.7 Å². The number of allylic oxidation sites excluding steroid dienone is 2. The second-order valence-electron chi connectivity index (χ2n) is 11.5. The number of aryl methyl sites for hydroxylation is 3. The van der Waals surface area contributed by atoms with Gasteiger partial charge in [-0.15, -0.1) is 0 Å². The van der Waals surface area contributed by atoms with Crippen LogP contribution in [-0.2, 0) is 10.0 Å². The number of nitrogens with one attached hydrogen (secondary N) is 1. The maximum atomic E-state index is 13.4. The number of carbonyl (C=O) groups excluding carboxylic acids is 1. The molecule has 0 radical (unpaired) electrons. The Morgan fingerprint density at radius 3 is 2.33 bits per heavy atom. The van der Waals surface area contributed by atoms with Gasteiger partial charge >= 0.3 is 0 Å². The van der Waals surface area contributed by atoms with Gasteiger partial charge < -0.3 is 10.5 Å². The van der Waals surface area contributed by atoms with E-state index in [1.807, 2.05) is 32.9 Å². The number of hydrogen-bond donors (Lipinski definition) is 2. The highest BCUT2D eigenvalue weighted by Crippen LogP contribution is 2.67. The quantitative estimate of drug-likeness (QED) is 0.404. The van der Waals surface area contributed by atoms with Crippen molar-refractivity contribution < 1.29 is 17.9 Å². The van der Waals surface area contributed by atoms with Crippen LogP contribution in [0.5, 0.6) is 11.6 Å². The maximum absolute atomic E-state index is 13.4. The molecule has 2 unspecified atom stereocenters. The third-order valence-corrected chi connectivity index (χ3v) is 9.93. The molecule has 2 aromatic heterocycles. The molecule has 8 nitrogen and oxygen atoms in total. The molecular formula is C30H34N4O4S. The van der Waals surface area contributed by atoms with Crippen LogP contribution in [0, 0.1) is 37.5 Å². The highest BCUT2D eigenvalue weighted by atomic mass is 32.2. The first kappa shape index (κ1) is 26.9. The summed E-state index contributed by atoms with van der Waals surface area (Å²) in [7, 11) is -4.29. The van der Waals surface area contributed by atoms with Crippen LogP contribution >= 0.6 is 0 Å². The monoisotopic (exact) mass is 546 g/mol. The lowest BCUT2D eigenvalue weighted by Crippen LogP contribution is -2.32. The van der Waals surface area contributed by atoms with Crippen LogP contribution in [0.3, 0.4) is 0 Å². The van der Waals surface area contributed by atoms with Gasteiger partial charge in [-0.05, 0) is 91.3 Å². The summed E-state index contributed by atoms with van der Waals surface area (Å²) in [5.74, 6) is 0.226. The van der Waals surface area contributed by atoms with Crippen molar-refractivity contribution in [2.24, 2.45) is 16.7 Å². The Balaban J connectivity index is 1.58. The fraction of sp³-hybridized carbons (Fsp3) is 0.367. The molecule has 2 aliphatic carbocycles. The average Bonchev–Trinajstić information content (AvgIpc) is 3.19. The maximum Gasteiger partial charge on any atom is 0.281 e. The molecule has 1 amide bonds. The third-order valence-electron chi connectivity index (χ3n) is 8.70. The fourth-order valence-corrected chi connectivity index (χ4v) is 7.08. The highest BCUT2D eigenvalue weighted by Gasteiger charge is 2.57. The Kier molecular flexibility index (Phi) is 6.33. The molecule has 1 aromatic carbocycles. The number of nitrogens with two attached hydrogens (primary N) is 1. The van der Waals surface area contributed by atoms with Crippen molar-refractivity contribution in [1.82, 2.24) is 14.7 Å². The van der Waals surface area contributed by atoms with E-state index in [9.17, 15) is 13.2 Å². The number of carbonyl (C=O) groups is 1. The number of hydrogen-bond acceptors (Lipinski definition) is 7. The Morgan fingerprint density at radius 2 is 1.74 bits per heavy atom. The van der Waals surface area contributed by atoms with Crippen molar-refractivity contribution in [2.45, 2.75) is 59.4 Å². The van der Waals surface area contributed by atoms with Crippen LogP contribution in [0.15, 0.2) is 53.6 Å². The number of nitrogen functional groups attached to an aromatic ring is 1. The minimum Gasteiger partial charge on any atom is -0.438 e. The number of fused-ring (bicyclic) bond motifs is 2. The summed E-state index contributed by atoms with van der Waals surface area (Å²) in [5.41, 5.74) is 10.4. The summed E-state index contributed by atoms with van der Waals surface area (Å²) in [5, 5.41) is -0.351. The van der Waals surface area contributed by atoms with E-state index in [-0.39, 0.29) is 33.1 Å². The molecule has 0 spiro atoms. The molecule has 0 saturated heterocycles. The second kappa shape index (κ2) is 9.19. The van der Waals surface area contributed by atoms with E-state index in [2.05, 4.69) is 36.6 Å². The summed E-state index contributed by atoms with van der Waals surface area (Å²) in [4.78, 5) is 22.1. The fourth-order valence-electron chi connectivity index (χ4n) is 6.14. The van der Waals surface area contributed by atoms with Crippen molar-refractivity contribution >= 4 is 27.3 Å². The topological polar surface area (TPSA) is 124 Å². The molecule has 1 fully saturated rings. The minimum atomic E-state index is -4.29. The average molecular weight is 547 g/mol. The molecule has 2 atom stereocenters. The SMILES string of the molecule is Cc1cc(C)c(Oc2nc(C3=CC4CCC3(C)C4(C)C)ccc2C(=O)NS(=O)(=O)c2cccc(N)n2)c(C)c1. The summed E-state index contributed by atoms with van der Waals surface area (Å²) < 4.78 is 34.3. The normalized spacial score (nSPS) is 21.5. The first-order chi connectivity index (χ1) is 18.2. The first-order valence-electron chi connectivity index (χ1n) is 13.0. The van der Waals surface area contributed by atoms with Crippen LogP contribution in [0.1, 0.15) is 66.4 Å². The van der Waals surface area contributed by atoms with Crippen LogP contribution in [0.4, 0.5) is 5.82 Å². The lowest BCUT2D eigenvalue weighted by molar-refractivity contribution is 0.0978. The Morgan fingerprint density at radius 1 is 1.05 bits per heavy atom. The van der Waals surface area contributed by atoms with Crippen LogP contribution in [-0.4, -0.2) is 24.3 Å². The molecule has 39 heavy (non-hydrogen) atoms. The zero-order valence-corrected chi connectivity index (χ0v) is 23.9. The van der Waals surface area contributed by atoms with Gasteiger partial charge in [-0.3, -0.25) is 4.79 Å². The predicted molar refractivity (Wildman–Crippen MR) is 151 cm³/mol. The number of sulfonamides is 1. The lowest BCUT2D eigenvalue weighted by Gasteiger charge is -2.37. The Hall–Kier alpha value is -3.72. The summed E-state index contributed by atoms with van der Waals surface area (Å²) >= 11 is 0. The van der Waals surface area contributed by atoms with E-state index >= 15 is 0 Å². The highest BCUT2D eigenvalue weighted by molar-refractivity contribution is 7.90. The molecule has 2 bridgehead atoms. The molecule has 9 heteroatoms. The van der Waals surface area contributed by atoms with E-state index in [4.69, 9.17) is 15.5 Å². The van der Waals surface area contributed by atoms with Gasteiger partial charge in [0.1, 0.15) is 17.1 Å². The van der Waals surface area contributed by atoms with Crippen LogP contribution < -0.4 is 15.2 Å². The zero-order chi connectivity index (χ0) is 28.3. The van der Waals surface area contributed by atoms with E-state index < -0.39 is 15.9 Å². The molecule has 204 valence electrons. The van der Waals surface area contributed by atoms with Gasteiger partial charge in [0.2, 0.25) is 5.88 Å². The molecule has 5 rings (SSSR count). The van der Waals surface area contributed by atoms with Crippen molar-refractivity contribution in [3.05, 3.63) is 76.5 Å². The number of anilines is 1. The smallest absolute Gasteiger partial charge is 0.281 e. The van der Waals surface area contributed by atoms with Gasteiger partial charge in [0, 0.05) is 0 Å². The van der Waals surface area contributed by atoms with Crippen LogP contribution in [0.25, 0.3) is 5.57 Å². The number of benzene rings is 1. The number of aromatic nitrogens is 2. The molecular weight excluding hydrogens is 512 g/mol. The zero-order valence-electron chi connectivity index (χ0n) is 23.1. The van der Waals surface area contributed by atoms with Crippen molar-refractivity contribution in [3.8, 4) is 11.6 Å². The molecule has 2 heterocycles. The van der Waals surface area contributed by atoms with Crippen molar-refractivity contribution in [2.75, 3.05) is 5.73 Å². The van der Waals surface area contributed by atoms with Crippen LogP contribution in [0.2, 0.25) is 0 Å². The molecule has 2 aliphatic rings. The van der Waals surface area contributed by atoms with E-state index in [0.29, 0.717) is 11.7 Å². The molecule has 1 saturated carbocycles. The summed E-state index contributed by atoms with van der Waals surface area (Å²) in [6, 6.07) is 11.5. The molecule has 3 N–H and O–H groups in total. The number of amides is 1. The largest absolute Gasteiger partial charge is 0.438 e. The van der Waals surface area contributed by atoms with Gasteiger partial charge in [-0.2, -0.15) is 8.42 Å². The second-order valence-corrected chi connectivity index (χ2v) is 13.1.